The number of nitrogens with two attached hydrogens (primary N) is 1. The van der Waals surface area contributed by atoms with Crippen molar-refractivity contribution in [2.24, 2.45) is 11.1 Å². The molecule has 0 saturated carbocycles. The van der Waals surface area contributed by atoms with E-state index in [1.54, 1.807) is 12.1 Å². The normalized spacial score (nSPS) is 16.4. The van der Waals surface area contributed by atoms with E-state index in [2.05, 4.69) is 20.1 Å². The molecule has 35 heavy (non-hydrogen) atoms. The Morgan fingerprint density at radius 1 is 1.14 bits per heavy atom. The highest BCUT2D eigenvalue weighted by Crippen LogP contribution is 2.38. The van der Waals surface area contributed by atoms with Crippen LogP contribution in [0.4, 0.5) is 10.3 Å². The van der Waals surface area contributed by atoms with Crippen molar-refractivity contribution < 1.29 is 24.2 Å². The second-order valence-electron chi connectivity index (χ2n) is 8.46. The Morgan fingerprint density at radius 2 is 1.94 bits per heavy atom. The summed E-state index contributed by atoms with van der Waals surface area (Å²) in [4.78, 5) is 18.7. The molecule has 2 heterocycles. The molecule has 184 valence electrons. The number of ether oxygens (including phenoxy) is 1. The molecule has 0 spiro atoms. The van der Waals surface area contributed by atoms with E-state index >= 15 is 0 Å². The van der Waals surface area contributed by atoms with Crippen molar-refractivity contribution in [1.82, 2.24) is 15.0 Å². The van der Waals surface area contributed by atoms with Crippen molar-refractivity contribution in [3.05, 3.63) is 64.7 Å². The van der Waals surface area contributed by atoms with Crippen LogP contribution in [0.25, 0.3) is 11.3 Å². The van der Waals surface area contributed by atoms with E-state index in [-0.39, 0.29) is 37.5 Å². The van der Waals surface area contributed by atoms with E-state index in [9.17, 15) is 14.6 Å². The zero-order valence-electron chi connectivity index (χ0n) is 19.6. The highest BCUT2D eigenvalue weighted by molar-refractivity contribution is 6.03. The number of aromatic nitrogens is 3. The number of oxime groups is 1. The highest BCUT2D eigenvalue weighted by Gasteiger charge is 2.31. The van der Waals surface area contributed by atoms with E-state index in [1.165, 1.54) is 19.2 Å². The van der Waals surface area contributed by atoms with Gasteiger partial charge in [0.05, 0.1) is 43.1 Å². The number of pyridine rings is 1. The summed E-state index contributed by atoms with van der Waals surface area (Å²) < 4.78 is 19.6. The number of aliphatic hydroxyl groups is 2. The number of aliphatic hydroxyl groups excluding tert-OH is 2. The van der Waals surface area contributed by atoms with Gasteiger partial charge in [0, 0.05) is 29.5 Å². The molecule has 4 N–H and O–H groups in total. The molecule has 0 radical (unpaired) electrons. The molecule has 0 aliphatic heterocycles. The molecule has 4 rings (SSSR count). The summed E-state index contributed by atoms with van der Waals surface area (Å²) in [5.74, 6) is -0.334. The maximum Gasteiger partial charge on any atom is 0.220 e. The molecule has 9 nitrogen and oxygen atoms in total. The molecule has 10 heteroatoms. The van der Waals surface area contributed by atoms with Gasteiger partial charge in [-0.15, -0.1) is 0 Å². The van der Waals surface area contributed by atoms with Gasteiger partial charge in [0.15, 0.2) is 0 Å². The van der Waals surface area contributed by atoms with Gasteiger partial charge < -0.3 is 25.5 Å². The maximum absolute atomic E-state index is 14.3. The molecule has 0 amide bonds. The van der Waals surface area contributed by atoms with Gasteiger partial charge in [-0.1, -0.05) is 17.3 Å². The molecule has 0 bridgehead atoms. The fourth-order valence-electron chi connectivity index (χ4n) is 4.29. The summed E-state index contributed by atoms with van der Waals surface area (Å²) in [5.41, 5.74) is 10.9. The minimum atomic E-state index is -0.440. The van der Waals surface area contributed by atoms with E-state index in [1.807, 2.05) is 19.1 Å². The second-order valence-corrected chi connectivity index (χ2v) is 8.46. The Kier molecular flexibility index (Phi) is 7.52. The van der Waals surface area contributed by atoms with Crippen LogP contribution in [-0.2, 0) is 11.3 Å². The number of methoxy groups -OCH3 is 1. The predicted molar refractivity (Wildman–Crippen MR) is 129 cm³/mol. The number of hydrogen-bond acceptors (Lipinski definition) is 9. The van der Waals surface area contributed by atoms with Crippen molar-refractivity contribution in [2.75, 3.05) is 32.7 Å². The van der Waals surface area contributed by atoms with E-state index in [0.29, 0.717) is 41.4 Å². The van der Waals surface area contributed by atoms with Crippen LogP contribution in [0, 0.1) is 18.7 Å². The largest absolute Gasteiger partial charge is 0.481 e. The number of nitrogen functional groups attached to an aromatic ring is 1. The van der Waals surface area contributed by atoms with Crippen molar-refractivity contribution in [3.63, 3.8) is 0 Å². The smallest absolute Gasteiger partial charge is 0.220 e. The van der Waals surface area contributed by atoms with Crippen LogP contribution in [0.2, 0.25) is 0 Å². The minimum absolute atomic E-state index is 0.0565. The third-order valence-electron chi connectivity index (χ3n) is 6.02. The lowest BCUT2D eigenvalue weighted by molar-refractivity contribution is 0.0481. The average molecular weight is 482 g/mol. The van der Waals surface area contributed by atoms with Crippen LogP contribution in [0.1, 0.15) is 34.9 Å². The Morgan fingerprint density at radius 3 is 2.69 bits per heavy atom. The van der Waals surface area contributed by atoms with Crippen LogP contribution >= 0.6 is 0 Å². The molecule has 0 fully saturated rings. The lowest BCUT2D eigenvalue weighted by atomic mass is 9.79. The second kappa shape index (κ2) is 10.7. The number of benzene rings is 1. The molecule has 0 unspecified atom stereocenters. The van der Waals surface area contributed by atoms with Gasteiger partial charge in [-0.25, -0.2) is 19.3 Å². The first-order chi connectivity index (χ1) is 16.9. The van der Waals surface area contributed by atoms with Gasteiger partial charge in [0.25, 0.3) is 0 Å². The van der Waals surface area contributed by atoms with E-state index in [4.69, 9.17) is 15.3 Å². The highest BCUT2D eigenvalue weighted by atomic mass is 19.1. The number of fused-ring (bicyclic) bond motifs is 1. The SMILES string of the molecule is COc1cccc(-c2cc(F)ccc2[C@H]2C/C(=N\OCC(CO)CO)c3c(C)nc(N)nc3C2)n1. The van der Waals surface area contributed by atoms with Crippen LogP contribution in [-0.4, -0.2) is 57.8 Å². The zero-order chi connectivity index (χ0) is 24.9. The molecule has 2 aromatic heterocycles. The third kappa shape index (κ3) is 5.39. The molecule has 1 atom stereocenters. The number of hydrogen-bond donors (Lipinski definition) is 3. The average Bonchev–Trinajstić information content (AvgIpc) is 2.86. The minimum Gasteiger partial charge on any atom is -0.481 e. The Hall–Kier alpha value is -3.63. The first kappa shape index (κ1) is 24.5. The Balaban J connectivity index is 1.76. The quantitative estimate of drug-likeness (QED) is 0.418. The summed E-state index contributed by atoms with van der Waals surface area (Å²) in [6, 6.07) is 9.99. The number of rotatable bonds is 8. The Labute approximate surface area is 202 Å². The van der Waals surface area contributed by atoms with Gasteiger partial charge in [-0.2, -0.15) is 0 Å². The van der Waals surface area contributed by atoms with Crippen LogP contribution in [0.3, 0.4) is 0 Å². The van der Waals surface area contributed by atoms with Crippen molar-refractivity contribution >= 4 is 11.7 Å². The van der Waals surface area contributed by atoms with Crippen molar-refractivity contribution in [2.45, 2.75) is 25.7 Å². The van der Waals surface area contributed by atoms with Crippen LogP contribution in [0.5, 0.6) is 5.88 Å². The summed E-state index contributed by atoms with van der Waals surface area (Å²) in [6.45, 7) is 1.46. The summed E-state index contributed by atoms with van der Waals surface area (Å²) in [5, 5.41) is 23.0. The van der Waals surface area contributed by atoms with Crippen LogP contribution in [0.15, 0.2) is 41.6 Å². The monoisotopic (exact) mass is 481 g/mol. The van der Waals surface area contributed by atoms with Gasteiger partial charge in [0.2, 0.25) is 11.8 Å². The fourth-order valence-corrected chi connectivity index (χ4v) is 4.29. The van der Waals surface area contributed by atoms with Gasteiger partial charge >= 0.3 is 0 Å². The van der Waals surface area contributed by atoms with Gasteiger partial charge in [-0.05, 0) is 43.0 Å². The predicted octanol–water partition coefficient (Wildman–Crippen LogP) is 2.63. The third-order valence-corrected chi connectivity index (χ3v) is 6.02. The van der Waals surface area contributed by atoms with E-state index < -0.39 is 5.92 Å². The number of aryl methyl sites for hydroxylation is 1. The number of anilines is 1. The molecule has 3 aromatic rings. The first-order valence-electron chi connectivity index (χ1n) is 11.3. The lowest BCUT2D eigenvalue weighted by Gasteiger charge is -2.28. The Bertz CT molecular complexity index is 1230. The van der Waals surface area contributed by atoms with Crippen molar-refractivity contribution in [1.29, 1.82) is 0 Å². The lowest BCUT2D eigenvalue weighted by Crippen LogP contribution is -2.25. The molecular weight excluding hydrogens is 453 g/mol. The molecule has 1 aliphatic rings. The molecular formula is C25H28FN5O4. The van der Waals surface area contributed by atoms with Gasteiger partial charge in [-0.3, -0.25) is 0 Å². The zero-order valence-corrected chi connectivity index (χ0v) is 19.6. The standard InChI is InChI=1S/C25H28FN5O4/c1-14-24-21(30-25(27)28-14)8-16(9-22(24)31-35-13-15(11-32)12-33)18-7-6-17(26)10-19(18)20-4-3-5-23(29-20)34-2/h3-7,10,15-16,32-33H,8-9,11-13H2,1-2H3,(H2,27,28,30)/b31-22+/t16-/m1/s1. The molecule has 1 aliphatic carbocycles. The summed E-state index contributed by atoms with van der Waals surface area (Å²) >= 11 is 0. The topological polar surface area (TPSA) is 136 Å². The van der Waals surface area contributed by atoms with E-state index in [0.717, 1.165) is 16.8 Å². The fraction of sp³-hybridized carbons (Fsp3) is 0.360. The molecule has 1 aromatic carbocycles. The summed E-state index contributed by atoms with van der Waals surface area (Å²) in [7, 11) is 1.53. The summed E-state index contributed by atoms with van der Waals surface area (Å²) in [6.07, 6.45) is 1.02. The first-order valence-corrected chi connectivity index (χ1v) is 11.3. The van der Waals surface area contributed by atoms with Crippen LogP contribution < -0.4 is 10.5 Å². The number of halogens is 1. The molecule has 0 saturated heterocycles. The number of nitrogens with zero attached hydrogens (tertiary/aromatic N) is 4. The maximum atomic E-state index is 14.3. The van der Waals surface area contributed by atoms with Crippen molar-refractivity contribution in [3.8, 4) is 17.1 Å². The van der Waals surface area contributed by atoms with Gasteiger partial charge in [0.1, 0.15) is 12.4 Å².